The largest absolute Gasteiger partial charge is 0.481 e. The Balaban J connectivity index is 2.13. The van der Waals surface area contributed by atoms with Crippen LogP contribution in [0.25, 0.3) is 11.0 Å². The van der Waals surface area contributed by atoms with Crippen LogP contribution in [-0.4, -0.2) is 26.4 Å². The Morgan fingerprint density at radius 1 is 1.52 bits per heavy atom. The number of halogens is 1. The molecule has 6 heteroatoms. The van der Waals surface area contributed by atoms with E-state index < -0.39 is 5.97 Å². The minimum atomic E-state index is -0.799. The Bertz CT molecular complexity index is 689. The lowest BCUT2D eigenvalue weighted by Gasteiger charge is -2.43. The van der Waals surface area contributed by atoms with Crippen LogP contribution < -0.4 is 0 Å². The molecule has 0 aliphatic heterocycles. The Morgan fingerprint density at radius 2 is 2.29 bits per heavy atom. The zero-order valence-electron chi connectivity index (χ0n) is 11.8. The maximum Gasteiger partial charge on any atom is 0.313 e. The Kier molecular flexibility index (Phi) is 4.18. The van der Waals surface area contributed by atoms with Gasteiger partial charge in [0.05, 0.1) is 16.8 Å². The third-order valence-corrected chi connectivity index (χ3v) is 5.92. The monoisotopic (exact) mass is 416 g/mol. The predicted octanol–water partition coefficient (Wildman–Crippen LogP) is 4.11. The molecule has 3 rings (SSSR count). The molecule has 1 aliphatic rings. The maximum absolute atomic E-state index is 10.9. The number of carboxylic acid groups (broad SMARTS) is 1. The zero-order chi connectivity index (χ0) is 15.0. The highest BCUT2D eigenvalue weighted by Crippen LogP contribution is 2.46. The van der Waals surface area contributed by atoms with Gasteiger partial charge < -0.3 is 9.67 Å². The molecular weight excluding hydrogens is 399 g/mol. The summed E-state index contributed by atoms with van der Waals surface area (Å²) < 4.78 is 3.45. The number of aromatic nitrogens is 2. The van der Waals surface area contributed by atoms with Crippen LogP contribution in [0.15, 0.2) is 23.4 Å². The molecule has 1 fully saturated rings. The summed E-state index contributed by atoms with van der Waals surface area (Å²) in [5, 5.41) is 9.80. The van der Waals surface area contributed by atoms with Crippen molar-refractivity contribution in [1.82, 2.24) is 9.55 Å². The van der Waals surface area contributed by atoms with E-state index in [2.05, 4.69) is 52.3 Å². The Hall–Kier alpha value is -0.760. The number of imidazole rings is 1. The lowest BCUT2D eigenvalue weighted by molar-refractivity contribution is -0.133. The summed E-state index contributed by atoms with van der Waals surface area (Å²) in [4.78, 5) is 15.6. The van der Waals surface area contributed by atoms with E-state index in [0.29, 0.717) is 0 Å². The molecule has 0 atom stereocenters. The highest BCUT2D eigenvalue weighted by molar-refractivity contribution is 14.1. The summed E-state index contributed by atoms with van der Waals surface area (Å²) in [6, 6.07) is 6.28. The molecule has 4 nitrogen and oxygen atoms in total. The van der Waals surface area contributed by atoms with Gasteiger partial charge in [-0.15, -0.1) is 0 Å². The molecule has 2 aromatic rings. The number of fused-ring (bicyclic) bond motifs is 1. The number of hydrogen-bond donors (Lipinski definition) is 1. The first-order valence-corrected chi connectivity index (χ1v) is 9.15. The topological polar surface area (TPSA) is 55.1 Å². The standard InChI is InChI=1S/C15H17IN2O2S/c1-2-15(6-3-7-15)18-12-5-4-10(16)8-11(12)17-14(18)21-9-13(19)20/h4-5,8H,2-3,6-7,9H2,1H3,(H,19,20). The van der Waals surface area contributed by atoms with E-state index in [1.165, 1.54) is 18.2 Å². The maximum atomic E-state index is 10.9. The van der Waals surface area contributed by atoms with Gasteiger partial charge >= 0.3 is 5.97 Å². The normalized spacial score (nSPS) is 16.9. The number of hydrogen-bond acceptors (Lipinski definition) is 3. The SMILES string of the molecule is CCC1(n2c(SCC(=O)O)nc3cc(I)ccc32)CCC1. The number of nitrogens with zero attached hydrogens (tertiary/aromatic N) is 2. The van der Waals surface area contributed by atoms with Crippen molar-refractivity contribution in [3.05, 3.63) is 21.8 Å². The van der Waals surface area contributed by atoms with Gasteiger partial charge in [-0.1, -0.05) is 18.7 Å². The zero-order valence-corrected chi connectivity index (χ0v) is 14.8. The molecular formula is C15H17IN2O2S. The molecule has 21 heavy (non-hydrogen) atoms. The average molecular weight is 416 g/mol. The van der Waals surface area contributed by atoms with Gasteiger partial charge in [-0.3, -0.25) is 4.79 Å². The van der Waals surface area contributed by atoms with Gasteiger partial charge in [0.25, 0.3) is 0 Å². The lowest BCUT2D eigenvalue weighted by Crippen LogP contribution is -2.40. The van der Waals surface area contributed by atoms with Crippen LogP contribution in [0.2, 0.25) is 0 Å². The van der Waals surface area contributed by atoms with E-state index >= 15 is 0 Å². The van der Waals surface area contributed by atoms with Gasteiger partial charge in [-0.05, 0) is 66.5 Å². The van der Waals surface area contributed by atoms with Crippen LogP contribution in [0.4, 0.5) is 0 Å². The second kappa shape index (κ2) is 5.79. The molecule has 1 heterocycles. The first kappa shape index (κ1) is 15.1. The number of benzene rings is 1. The Morgan fingerprint density at radius 3 is 2.86 bits per heavy atom. The highest BCUT2D eigenvalue weighted by Gasteiger charge is 2.39. The van der Waals surface area contributed by atoms with Crippen molar-refractivity contribution in [2.75, 3.05) is 5.75 Å². The van der Waals surface area contributed by atoms with E-state index in [9.17, 15) is 4.79 Å². The second-order valence-electron chi connectivity index (χ2n) is 5.48. The van der Waals surface area contributed by atoms with E-state index in [0.717, 1.165) is 39.0 Å². The van der Waals surface area contributed by atoms with Crippen LogP contribution in [0.3, 0.4) is 0 Å². The van der Waals surface area contributed by atoms with Gasteiger partial charge in [-0.2, -0.15) is 0 Å². The summed E-state index contributed by atoms with van der Waals surface area (Å²) in [5.74, 6) is -0.743. The van der Waals surface area contributed by atoms with E-state index in [1.807, 2.05) is 0 Å². The molecule has 1 N–H and O–H groups in total. The van der Waals surface area contributed by atoms with Crippen LogP contribution in [0, 0.1) is 3.57 Å². The van der Waals surface area contributed by atoms with Gasteiger partial charge in [0, 0.05) is 9.11 Å². The minimum absolute atomic E-state index is 0.0558. The van der Waals surface area contributed by atoms with Gasteiger partial charge in [-0.25, -0.2) is 4.98 Å². The number of carbonyl (C=O) groups is 1. The third kappa shape index (κ3) is 2.67. The molecule has 0 radical (unpaired) electrons. The summed E-state index contributed by atoms with van der Waals surface area (Å²) in [5.41, 5.74) is 2.22. The molecule has 1 aliphatic carbocycles. The van der Waals surface area contributed by atoms with Crippen molar-refractivity contribution >= 4 is 51.4 Å². The first-order chi connectivity index (χ1) is 10.1. The van der Waals surface area contributed by atoms with Gasteiger partial charge in [0.15, 0.2) is 5.16 Å². The Labute approximate surface area is 141 Å². The van der Waals surface area contributed by atoms with Crippen molar-refractivity contribution in [2.45, 2.75) is 43.3 Å². The minimum Gasteiger partial charge on any atom is -0.481 e. The summed E-state index contributed by atoms with van der Waals surface area (Å²) in [6.07, 6.45) is 4.61. The van der Waals surface area contributed by atoms with Gasteiger partial charge in [0.1, 0.15) is 0 Å². The van der Waals surface area contributed by atoms with Crippen LogP contribution in [0.5, 0.6) is 0 Å². The third-order valence-electron chi connectivity index (χ3n) is 4.33. The van der Waals surface area contributed by atoms with Crippen molar-refractivity contribution in [2.24, 2.45) is 0 Å². The molecule has 0 amide bonds. The highest BCUT2D eigenvalue weighted by atomic mass is 127. The molecule has 1 saturated carbocycles. The van der Waals surface area contributed by atoms with Crippen LogP contribution in [0.1, 0.15) is 32.6 Å². The average Bonchev–Trinajstić information content (AvgIpc) is 2.74. The molecule has 0 spiro atoms. The number of thioether (sulfide) groups is 1. The first-order valence-electron chi connectivity index (χ1n) is 7.09. The van der Waals surface area contributed by atoms with E-state index in [-0.39, 0.29) is 11.3 Å². The van der Waals surface area contributed by atoms with Gasteiger partial charge in [0.2, 0.25) is 0 Å². The molecule has 1 aromatic carbocycles. The van der Waals surface area contributed by atoms with E-state index in [4.69, 9.17) is 10.1 Å². The fourth-order valence-corrected chi connectivity index (χ4v) is 4.34. The second-order valence-corrected chi connectivity index (χ2v) is 7.66. The number of rotatable bonds is 5. The number of aliphatic carboxylic acids is 1. The van der Waals surface area contributed by atoms with Crippen LogP contribution in [-0.2, 0) is 10.3 Å². The fraction of sp³-hybridized carbons (Fsp3) is 0.467. The van der Waals surface area contributed by atoms with Crippen molar-refractivity contribution in [1.29, 1.82) is 0 Å². The lowest BCUT2D eigenvalue weighted by atomic mass is 9.74. The van der Waals surface area contributed by atoms with E-state index in [1.54, 1.807) is 0 Å². The molecule has 0 saturated heterocycles. The molecule has 1 aromatic heterocycles. The fourth-order valence-electron chi connectivity index (χ4n) is 3.03. The van der Waals surface area contributed by atoms with Crippen molar-refractivity contribution in [3.63, 3.8) is 0 Å². The summed E-state index contributed by atoms with van der Waals surface area (Å²) >= 11 is 3.61. The summed E-state index contributed by atoms with van der Waals surface area (Å²) in [7, 11) is 0. The summed E-state index contributed by atoms with van der Waals surface area (Å²) in [6.45, 7) is 2.21. The smallest absolute Gasteiger partial charge is 0.313 e. The molecule has 0 bridgehead atoms. The number of carboxylic acids is 1. The van der Waals surface area contributed by atoms with Crippen molar-refractivity contribution < 1.29 is 9.90 Å². The quantitative estimate of drug-likeness (QED) is 0.589. The van der Waals surface area contributed by atoms with Crippen molar-refractivity contribution in [3.8, 4) is 0 Å². The predicted molar refractivity (Wildman–Crippen MR) is 92.9 cm³/mol. The van der Waals surface area contributed by atoms with Crippen LogP contribution >= 0.6 is 34.4 Å². The molecule has 112 valence electrons. The molecule has 0 unspecified atom stereocenters.